The average molecular weight is 608 g/mol. The molecule has 3 aromatic carbocycles. The molecule has 1 aliphatic heterocycles. The van der Waals surface area contributed by atoms with Gasteiger partial charge in [-0.15, -0.1) is 16.4 Å². The van der Waals surface area contributed by atoms with Gasteiger partial charge in [0.25, 0.3) is 17.8 Å². The van der Waals surface area contributed by atoms with Crippen molar-refractivity contribution < 1.29 is 14.4 Å². The molecule has 1 saturated heterocycles. The number of hydrogen-bond donors (Lipinski definition) is 3. The molecule has 1 fully saturated rings. The van der Waals surface area contributed by atoms with Crippen LogP contribution in [0.4, 0.5) is 11.1 Å². The summed E-state index contributed by atoms with van der Waals surface area (Å²) >= 11 is 1.33. The fraction of sp³-hybridized carbons (Fsp3) is 0.194. The van der Waals surface area contributed by atoms with Crippen molar-refractivity contribution in [1.82, 2.24) is 30.9 Å². The molecule has 0 radical (unpaired) electrons. The highest BCUT2D eigenvalue weighted by molar-refractivity contribution is 7.14. The van der Waals surface area contributed by atoms with Crippen molar-refractivity contribution >= 4 is 39.9 Å². The van der Waals surface area contributed by atoms with Crippen LogP contribution < -0.4 is 15.5 Å². The first-order chi connectivity index (χ1) is 21.6. The van der Waals surface area contributed by atoms with E-state index in [1.165, 1.54) is 23.3 Å². The summed E-state index contributed by atoms with van der Waals surface area (Å²) in [5, 5.41) is 26.4. The molecular weight excluding hydrogens is 578 g/mol. The third-order valence-corrected chi connectivity index (χ3v) is 8.29. The van der Waals surface area contributed by atoms with Crippen LogP contribution in [0.1, 0.15) is 35.7 Å². The number of H-pyrrole nitrogens is 1. The second kappa shape index (κ2) is 12.4. The zero-order valence-corrected chi connectivity index (χ0v) is 24.7. The van der Waals surface area contributed by atoms with Gasteiger partial charge in [-0.1, -0.05) is 108 Å². The molecule has 0 saturated carbocycles. The maximum atomic E-state index is 13.5. The molecule has 0 spiro atoms. The number of thiazole rings is 1. The number of carbonyl (C=O) groups excluding carboxylic acids is 2. The minimum Gasteiger partial charge on any atom is -0.398 e. The topological polar surface area (TPSA) is 150 Å². The number of nitrogens with zero attached hydrogens (tertiary/aromatic N) is 6. The van der Waals surface area contributed by atoms with E-state index in [9.17, 15) is 9.59 Å². The highest BCUT2D eigenvalue weighted by atomic mass is 32.1. The number of anilines is 2. The van der Waals surface area contributed by atoms with Crippen molar-refractivity contribution in [3.05, 3.63) is 119 Å². The number of β-lactam (4-membered cyclic amide) rings is 1. The Labute approximate surface area is 257 Å². The van der Waals surface area contributed by atoms with Gasteiger partial charge < -0.3 is 15.5 Å². The molecule has 5 aromatic rings. The first kappa shape index (κ1) is 28.7. The molecule has 13 heteroatoms. The third kappa shape index (κ3) is 5.17. The minimum absolute atomic E-state index is 0.0535. The number of tetrazole rings is 1. The van der Waals surface area contributed by atoms with Gasteiger partial charge in [-0.2, -0.15) is 5.21 Å². The zero-order chi connectivity index (χ0) is 30.5. The fourth-order valence-corrected chi connectivity index (χ4v) is 6.26. The smallest absolute Gasteiger partial charge is 0.276 e. The number of benzene rings is 3. The quantitative estimate of drug-likeness (QED) is 0.0890. The molecule has 2 aromatic heterocycles. The van der Waals surface area contributed by atoms with E-state index in [1.54, 1.807) is 5.38 Å². The summed E-state index contributed by atoms with van der Waals surface area (Å²) in [6.07, 6.45) is 0.563. The minimum atomic E-state index is -0.801. The predicted octanol–water partition coefficient (Wildman–Crippen LogP) is 3.72. The van der Waals surface area contributed by atoms with E-state index in [2.05, 4.69) is 72.8 Å². The summed E-state index contributed by atoms with van der Waals surface area (Å²) < 4.78 is 0. The summed E-state index contributed by atoms with van der Waals surface area (Å²) in [5.41, 5.74) is 2.48. The monoisotopic (exact) mass is 607 g/mol. The lowest BCUT2D eigenvalue weighted by Crippen LogP contribution is -2.71. The van der Waals surface area contributed by atoms with Crippen molar-refractivity contribution in [2.45, 2.75) is 31.0 Å². The van der Waals surface area contributed by atoms with Crippen molar-refractivity contribution in [2.75, 3.05) is 17.3 Å². The Kier molecular flexibility index (Phi) is 8.10. The Bertz CT molecular complexity index is 1650. The molecule has 3 N–H and O–H groups in total. The van der Waals surface area contributed by atoms with Crippen molar-refractivity contribution in [2.24, 2.45) is 5.16 Å². The highest BCUT2D eigenvalue weighted by Gasteiger charge is 2.50. The average Bonchev–Trinajstić information content (AvgIpc) is 3.77. The maximum absolute atomic E-state index is 13.5. The number of hydrogen-bond acceptors (Lipinski definition) is 10. The number of rotatable bonds is 11. The number of carbonyl (C=O) groups is 2. The first-order valence-corrected chi connectivity index (χ1v) is 14.8. The van der Waals surface area contributed by atoms with Gasteiger partial charge in [-0.05, 0) is 28.3 Å². The molecule has 0 bridgehead atoms. The van der Waals surface area contributed by atoms with Crippen LogP contribution in [-0.2, 0) is 20.0 Å². The molecule has 6 rings (SSSR count). The standard InChI is InChI=1S/C31H29N9O3S/c1-3-24-26(28(42)40(24)29-35-38-39-36-29)33-27(41)25(37-43-2)23-19-44-30(32-23)34-31(20-13-7-4-8-14-20,21-15-9-5-10-16-21)22-17-11-6-12-18-22/h4-19,24,26H,3H2,1-2H3,(H,32,34)(H,33,41)(H,35,36,38,39). The predicted molar refractivity (Wildman–Crippen MR) is 166 cm³/mol. The van der Waals surface area contributed by atoms with Crippen LogP contribution in [0.3, 0.4) is 0 Å². The summed E-state index contributed by atoms with van der Waals surface area (Å²) in [7, 11) is 1.35. The normalized spacial score (nSPS) is 16.7. The van der Waals surface area contributed by atoms with Gasteiger partial charge >= 0.3 is 0 Å². The molecule has 44 heavy (non-hydrogen) atoms. The van der Waals surface area contributed by atoms with E-state index in [1.807, 2.05) is 61.5 Å². The van der Waals surface area contributed by atoms with E-state index < -0.39 is 17.5 Å². The Morgan fingerprint density at radius 3 is 2.09 bits per heavy atom. The summed E-state index contributed by atoms with van der Waals surface area (Å²) in [6, 6.07) is 29.3. The van der Waals surface area contributed by atoms with Gasteiger partial charge in [-0.25, -0.2) is 4.98 Å². The number of aromatic nitrogens is 5. The number of nitrogens with one attached hydrogen (secondary N) is 3. The van der Waals surface area contributed by atoms with Gasteiger partial charge in [0.05, 0.1) is 6.04 Å². The number of amides is 2. The second-order valence-corrected chi connectivity index (χ2v) is 10.8. The van der Waals surface area contributed by atoms with Gasteiger partial charge in [-0.3, -0.25) is 14.5 Å². The molecule has 1 aliphatic rings. The number of aromatic amines is 1. The van der Waals surface area contributed by atoms with E-state index in [-0.39, 0.29) is 23.6 Å². The Balaban J connectivity index is 1.32. The largest absolute Gasteiger partial charge is 0.398 e. The van der Waals surface area contributed by atoms with Crippen molar-refractivity contribution in [3.8, 4) is 0 Å². The van der Waals surface area contributed by atoms with Crippen molar-refractivity contribution in [3.63, 3.8) is 0 Å². The van der Waals surface area contributed by atoms with Crippen LogP contribution in [-0.4, -0.2) is 62.3 Å². The van der Waals surface area contributed by atoms with Crippen LogP contribution in [0, 0.1) is 0 Å². The van der Waals surface area contributed by atoms with Crippen LogP contribution in [0.2, 0.25) is 0 Å². The Morgan fingerprint density at radius 2 is 1.59 bits per heavy atom. The summed E-state index contributed by atoms with van der Waals surface area (Å²) in [6.45, 7) is 1.91. The molecule has 3 heterocycles. The molecular formula is C31H29N9O3S. The van der Waals surface area contributed by atoms with Crippen LogP contribution in [0.25, 0.3) is 0 Å². The SMILES string of the molecule is CCC1C(NC(=O)C(=NOC)c2csc(NC(c3ccccc3)(c3ccccc3)c3ccccc3)n2)C(=O)N1c1nn[nH]n1. The zero-order valence-electron chi connectivity index (χ0n) is 23.9. The Morgan fingerprint density at radius 1 is 1.00 bits per heavy atom. The molecule has 2 unspecified atom stereocenters. The van der Waals surface area contributed by atoms with Gasteiger partial charge in [0.1, 0.15) is 24.4 Å². The molecule has 222 valence electrons. The molecule has 2 atom stereocenters. The lowest BCUT2D eigenvalue weighted by Gasteiger charge is -2.44. The van der Waals surface area contributed by atoms with E-state index >= 15 is 0 Å². The van der Waals surface area contributed by atoms with E-state index in [0.717, 1.165) is 16.7 Å². The summed E-state index contributed by atoms with van der Waals surface area (Å²) in [5.74, 6) is -0.775. The van der Waals surface area contributed by atoms with Crippen molar-refractivity contribution in [1.29, 1.82) is 0 Å². The van der Waals surface area contributed by atoms with Gasteiger partial charge in [0.15, 0.2) is 10.8 Å². The number of oxime groups is 1. The van der Waals surface area contributed by atoms with E-state index in [4.69, 9.17) is 9.82 Å². The lowest BCUT2D eigenvalue weighted by atomic mass is 9.77. The van der Waals surface area contributed by atoms with Crippen LogP contribution >= 0.6 is 11.3 Å². The van der Waals surface area contributed by atoms with Crippen LogP contribution in [0.15, 0.2) is 102 Å². The summed E-state index contributed by atoms with van der Waals surface area (Å²) in [4.78, 5) is 37.7. The van der Waals surface area contributed by atoms with Gasteiger partial charge in [0, 0.05) is 5.38 Å². The molecule has 2 amide bonds. The molecule has 12 nitrogen and oxygen atoms in total. The van der Waals surface area contributed by atoms with E-state index in [0.29, 0.717) is 17.2 Å². The maximum Gasteiger partial charge on any atom is 0.276 e. The fourth-order valence-electron chi connectivity index (χ4n) is 5.51. The van der Waals surface area contributed by atoms with Crippen LogP contribution in [0.5, 0.6) is 0 Å². The Hall–Kier alpha value is -5.43. The molecule has 0 aliphatic carbocycles. The van der Waals surface area contributed by atoms with Gasteiger partial charge in [0.2, 0.25) is 0 Å². The highest BCUT2D eigenvalue weighted by Crippen LogP contribution is 2.40. The lowest BCUT2D eigenvalue weighted by molar-refractivity contribution is -0.131. The first-order valence-electron chi connectivity index (χ1n) is 14.0. The second-order valence-electron chi connectivity index (χ2n) is 9.98. The third-order valence-electron chi connectivity index (χ3n) is 7.53.